The van der Waals surface area contributed by atoms with Gasteiger partial charge in [-0.1, -0.05) is 0 Å². The van der Waals surface area contributed by atoms with Crippen LogP contribution in [-0.4, -0.2) is 87.0 Å². The number of rotatable bonds is 11. The minimum atomic E-state index is -1.66. The molecular formula is C14H24N4O9. The first-order valence-corrected chi connectivity index (χ1v) is 7.80. The topological polar surface area (TPSA) is 228 Å². The number of aliphatic carboxylic acids is 2. The van der Waals surface area contributed by atoms with E-state index in [9.17, 15) is 34.2 Å². The van der Waals surface area contributed by atoms with Crippen LogP contribution in [0.3, 0.4) is 0 Å². The van der Waals surface area contributed by atoms with Crippen molar-refractivity contribution in [2.75, 3.05) is 6.54 Å². The normalized spacial score (nSPS) is 16.2. The molecule has 3 amide bonds. The van der Waals surface area contributed by atoms with Crippen molar-refractivity contribution in [1.82, 2.24) is 16.0 Å². The second-order valence-corrected chi connectivity index (χ2v) is 5.76. The predicted molar refractivity (Wildman–Crippen MR) is 88.1 cm³/mol. The molecule has 0 heterocycles. The Morgan fingerprint density at radius 3 is 1.81 bits per heavy atom. The van der Waals surface area contributed by atoms with Gasteiger partial charge in [0, 0.05) is 0 Å². The fraction of sp³-hybridized carbons (Fsp3) is 0.643. The smallest absolute Gasteiger partial charge is 0.322 e. The van der Waals surface area contributed by atoms with Crippen molar-refractivity contribution in [3.8, 4) is 0 Å². The summed E-state index contributed by atoms with van der Waals surface area (Å²) in [6.07, 6.45) is -3.60. The Labute approximate surface area is 153 Å². The molecule has 0 aliphatic carbocycles. The molecule has 0 rings (SSSR count). The second-order valence-electron chi connectivity index (χ2n) is 5.76. The summed E-state index contributed by atoms with van der Waals surface area (Å²) in [5, 5.41) is 42.4. The molecule has 154 valence electrons. The van der Waals surface area contributed by atoms with Crippen molar-refractivity contribution in [2.45, 2.75) is 50.6 Å². The van der Waals surface area contributed by atoms with Gasteiger partial charge in [0.05, 0.1) is 18.6 Å². The van der Waals surface area contributed by atoms with Crippen molar-refractivity contribution in [1.29, 1.82) is 0 Å². The fourth-order valence-electron chi connectivity index (χ4n) is 1.80. The monoisotopic (exact) mass is 392 g/mol. The van der Waals surface area contributed by atoms with Crippen LogP contribution >= 0.6 is 0 Å². The van der Waals surface area contributed by atoms with Gasteiger partial charge < -0.3 is 42.1 Å². The Hall–Kier alpha value is -2.77. The third-order valence-corrected chi connectivity index (χ3v) is 3.31. The number of hydrogen-bond donors (Lipinski definition) is 8. The third-order valence-electron chi connectivity index (χ3n) is 3.31. The van der Waals surface area contributed by atoms with E-state index in [1.807, 2.05) is 16.0 Å². The summed E-state index contributed by atoms with van der Waals surface area (Å²) in [6.45, 7) is 1.59. The largest absolute Gasteiger partial charge is 0.481 e. The number of aliphatic hydroxyl groups excluding tert-OH is 2. The van der Waals surface area contributed by atoms with Gasteiger partial charge in [0.1, 0.15) is 24.7 Å². The van der Waals surface area contributed by atoms with E-state index in [2.05, 4.69) is 0 Å². The molecule has 0 aromatic heterocycles. The molecule has 0 aliphatic heterocycles. The van der Waals surface area contributed by atoms with Gasteiger partial charge in [0.25, 0.3) is 0 Å². The number of carbonyl (C=O) groups is 5. The van der Waals surface area contributed by atoms with Crippen molar-refractivity contribution in [2.24, 2.45) is 5.73 Å². The van der Waals surface area contributed by atoms with E-state index in [1.54, 1.807) is 0 Å². The van der Waals surface area contributed by atoms with E-state index in [-0.39, 0.29) is 0 Å². The van der Waals surface area contributed by atoms with Crippen molar-refractivity contribution >= 4 is 29.7 Å². The van der Waals surface area contributed by atoms with Crippen LogP contribution in [-0.2, 0) is 24.0 Å². The highest BCUT2D eigenvalue weighted by Crippen LogP contribution is 2.00. The number of hydrogen-bond acceptors (Lipinski definition) is 8. The summed E-state index contributed by atoms with van der Waals surface area (Å²) in [7, 11) is 0. The van der Waals surface area contributed by atoms with Crippen LogP contribution in [0.15, 0.2) is 0 Å². The van der Waals surface area contributed by atoms with Crippen molar-refractivity contribution in [3.63, 3.8) is 0 Å². The Morgan fingerprint density at radius 2 is 1.41 bits per heavy atom. The van der Waals surface area contributed by atoms with Crippen molar-refractivity contribution < 1.29 is 44.4 Å². The molecule has 0 spiro atoms. The zero-order chi connectivity index (χ0) is 21.3. The number of carboxylic acid groups (broad SMARTS) is 2. The summed E-state index contributed by atoms with van der Waals surface area (Å²) in [4.78, 5) is 57.4. The lowest BCUT2D eigenvalue weighted by atomic mass is 10.1. The molecule has 0 aromatic rings. The molecule has 0 aliphatic rings. The average molecular weight is 392 g/mol. The minimum Gasteiger partial charge on any atom is -0.481 e. The standard InChI is InChI=1S/C14H24N4O9/c1-5(19)10(15)13(26)17-7(3-8(21)22)12(25)18-11(6(2)20)14(27)16-4-9(23)24/h5-7,10-11,19-20H,3-4,15H2,1-2H3,(H,16,27)(H,17,26)(H,18,25)(H,21,22)(H,23,24). The minimum absolute atomic E-state index is 0.767. The van der Waals surface area contributed by atoms with Crippen LogP contribution in [0.25, 0.3) is 0 Å². The molecule has 13 heteroatoms. The molecule has 0 bridgehead atoms. The molecule has 0 fully saturated rings. The molecule has 5 unspecified atom stereocenters. The summed E-state index contributed by atoms with van der Waals surface area (Å²) >= 11 is 0. The molecule has 9 N–H and O–H groups in total. The predicted octanol–water partition coefficient (Wildman–Crippen LogP) is -4.28. The highest BCUT2D eigenvalue weighted by atomic mass is 16.4. The van der Waals surface area contributed by atoms with Crippen LogP contribution in [0.2, 0.25) is 0 Å². The molecule has 27 heavy (non-hydrogen) atoms. The van der Waals surface area contributed by atoms with E-state index >= 15 is 0 Å². The molecule has 13 nitrogen and oxygen atoms in total. The van der Waals surface area contributed by atoms with E-state index in [0.717, 1.165) is 6.92 Å². The summed E-state index contributed by atoms with van der Waals surface area (Å²) in [6, 6.07) is -4.69. The maximum atomic E-state index is 12.3. The SMILES string of the molecule is CC(O)C(N)C(=O)NC(CC(=O)O)C(=O)NC(C(=O)NCC(=O)O)C(C)O. The van der Waals surface area contributed by atoms with Gasteiger partial charge in [-0.2, -0.15) is 0 Å². The third kappa shape index (κ3) is 8.94. The molecular weight excluding hydrogens is 368 g/mol. The van der Waals surface area contributed by atoms with Gasteiger partial charge in [-0.25, -0.2) is 0 Å². The maximum absolute atomic E-state index is 12.3. The highest BCUT2D eigenvalue weighted by Gasteiger charge is 2.32. The lowest BCUT2D eigenvalue weighted by Crippen LogP contribution is -2.59. The number of carboxylic acids is 2. The van der Waals surface area contributed by atoms with Gasteiger partial charge in [0.2, 0.25) is 17.7 Å². The summed E-state index contributed by atoms with van der Waals surface area (Å²) in [5.74, 6) is -5.97. The molecule has 0 aromatic carbocycles. The first-order chi connectivity index (χ1) is 12.4. The highest BCUT2D eigenvalue weighted by molar-refractivity contribution is 5.95. The molecule has 0 saturated carbocycles. The Bertz CT molecular complexity index is 579. The second kappa shape index (κ2) is 11.1. The Balaban J connectivity index is 5.22. The molecule has 5 atom stereocenters. The van der Waals surface area contributed by atoms with E-state index in [4.69, 9.17) is 15.9 Å². The molecule has 0 saturated heterocycles. The Morgan fingerprint density at radius 1 is 0.852 bits per heavy atom. The fourth-order valence-corrected chi connectivity index (χ4v) is 1.80. The lowest BCUT2D eigenvalue weighted by molar-refractivity contribution is -0.142. The average Bonchev–Trinajstić information content (AvgIpc) is 2.54. The quantitative estimate of drug-likeness (QED) is 0.169. The van der Waals surface area contributed by atoms with Gasteiger partial charge in [-0.05, 0) is 13.8 Å². The van der Waals surface area contributed by atoms with E-state index < -0.39 is 73.0 Å². The first kappa shape index (κ1) is 24.2. The van der Waals surface area contributed by atoms with Crippen LogP contribution in [0.4, 0.5) is 0 Å². The zero-order valence-electron chi connectivity index (χ0n) is 14.7. The van der Waals surface area contributed by atoms with Crippen LogP contribution in [0.1, 0.15) is 20.3 Å². The maximum Gasteiger partial charge on any atom is 0.322 e. The van der Waals surface area contributed by atoms with Gasteiger partial charge in [0.15, 0.2) is 0 Å². The number of nitrogens with one attached hydrogen (secondary N) is 3. The Kier molecular flexibility index (Phi) is 9.92. The zero-order valence-corrected chi connectivity index (χ0v) is 14.7. The van der Waals surface area contributed by atoms with Gasteiger partial charge in [-0.3, -0.25) is 24.0 Å². The number of aliphatic hydroxyl groups is 2. The number of carbonyl (C=O) groups excluding carboxylic acids is 3. The van der Waals surface area contributed by atoms with E-state index in [1.165, 1.54) is 6.92 Å². The van der Waals surface area contributed by atoms with Crippen LogP contribution < -0.4 is 21.7 Å². The van der Waals surface area contributed by atoms with Gasteiger partial charge in [-0.15, -0.1) is 0 Å². The van der Waals surface area contributed by atoms with Crippen molar-refractivity contribution in [3.05, 3.63) is 0 Å². The summed E-state index contributed by atoms with van der Waals surface area (Å²) < 4.78 is 0. The first-order valence-electron chi connectivity index (χ1n) is 7.80. The number of nitrogens with two attached hydrogens (primary N) is 1. The molecule has 0 radical (unpaired) electrons. The number of amides is 3. The van der Waals surface area contributed by atoms with E-state index in [0.29, 0.717) is 0 Å². The summed E-state index contributed by atoms with van der Waals surface area (Å²) in [5.41, 5.74) is 5.40. The van der Waals surface area contributed by atoms with Gasteiger partial charge >= 0.3 is 11.9 Å². The van der Waals surface area contributed by atoms with Crippen LogP contribution in [0, 0.1) is 0 Å². The van der Waals surface area contributed by atoms with Crippen LogP contribution in [0.5, 0.6) is 0 Å². The lowest BCUT2D eigenvalue weighted by Gasteiger charge is -2.25.